The van der Waals surface area contributed by atoms with Gasteiger partial charge in [0.15, 0.2) is 0 Å². The number of amides is 1. The van der Waals surface area contributed by atoms with Crippen LogP contribution in [0.3, 0.4) is 0 Å². The van der Waals surface area contributed by atoms with E-state index < -0.39 is 15.9 Å². The molecule has 1 saturated heterocycles. The van der Waals surface area contributed by atoms with Crippen molar-refractivity contribution in [3.8, 4) is 0 Å². The lowest BCUT2D eigenvalue weighted by atomic mass is 10.0. The first-order valence-corrected chi connectivity index (χ1v) is 10.5. The van der Waals surface area contributed by atoms with Gasteiger partial charge < -0.3 is 10.1 Å². The molecule has 0 radical (unpaired) electrons. The number of aryl methyl sites for hydroxylation is 1. The Morgan fingerprint density at radius 1 is 1.31 bits per heavy atom. The van der Waals surface area contributed by atoms with Crippen LogP contribution in [0.1, 0.15) is 38.2 Å². The highest BCUT2D eigenvalue weighted by molar-refractivity contribution is 7.89. The van der Waals surface area contributed by atoms with Gasteiger partial charge >= 0.3 is 5.97 Å². The van der Waals surface area contributed by atoms with E-state index in [1.165, 1.54) is 10.4 Å². The lowest BCUT2D eigenvalue weighted by Crippen LogP contribution is -2.42. The van der Waals surface area contributed by atoms with Crippen LogP contribution in [0.5, 0.6) is 0 Å². The summed E-state index contributed by atoms with van der Waals surface area (Å²) in [5.41, 5.74) is 1.50. The van der Waals surface area contributed by atoms with Crippen molar-refractivity contribution >= 4 is 27.6 Å². The lowest BCUT2D eigenvalue weighted by molar-refractivity contribution is -0.149. The zero-order valence-corrected chi connectivity index (χ0v) is 15.7. The van der Waals surface area contributed by atoms with Gasteiger partial charge in [-0.05, 0) is 56.4 Å². The molecule has 0 aliphatic carbocycles. The van der Waals surface area contributed by atoms with Gasteiger partial charge in [0.2, 0.25) is 15.9 Å². The van der Waals surface area contributed by atoms with E-state index in [4.69, 9.17) is 4.74 Å². The second-order valence-corrected chi connectivity index (χ2v) is 8.61. The fraction of sp³-hybridized carbons (Fsp3) is 0.556. The summed E-state index contributed by atoms with van der Waals surface area (Å²) in [6.07, 6.45) is 3.05. The lowest BCUT2D eigenvalue weighted by Gasteiger charge is -2.30. The molecule has 0 bridgehead atoms. The summed E-state index contributed by atoms with van der Waals surface area (Å²) >= 11 is 0. The molecule has 2 heterocycles. The number of anilines is 1. The Bertz CT molecular complexity index is 806. The van der Waals surface area contributed by atoms with Crippen molar-refractivity contribution in [1.82, 2.24) is 4.31 Å². The first-order chi connectivity index (χ1) is 12.4. The molecule has 1 fully saturated rings. The van der Waals surface area contributed by atoms with E-state index in [1.54, 1.807) is 19.1 Å². The van der Waals surface area contributed by atoms with E-state index >= 15 is 0 Å². The molecule has 8 heteroatoms. The highest BCUT2D eigenvalue weighted by Crippen LogP contribution is 2.29. The summed E-state index contributed by atoms with van der Waals surface area (Å²) in [6.45, 7) is 2.57. The average Bonchev–Trinajstić information content (AvgIpc) is 2.82. The zero-order valence-electron chi connectivity index (χ0n) is 14.9. The summed E-state index contributed by atoms with van der Waals surface area (Å²) in [7, 11) is -3.69. The number of ether oxygens (including phenoxy) is 1. The van der Waals surface area contributed by atoms with Crippen LogP contribution in [0.25, 0.3) is 0 Å². The number of sulfonamides is 1. The van der Waals surface area contributed by atoms with Gasteiger partial charge in [0.1, 0.15) is 0 Å². The van der Waals surface area contributed by atoms with Gasteiger partial charge in [-0.25, -0.2) is 8.42 Å². The number of piperidine rings is 1. The van der Waals surface area contributed by atoms with Crippen molar-refractivity contribution in [2.75, 3.05) is 25.0 Å². The SMILES string of the molecule is CCOC(=O)[C@@H]1CCCN(S(=O)(=O)c2ccc3c(c2)CCCC(=O)N3)C1. The molecule has 2 aliphatic heterocycles. The zero-order chi connectivity index (χ0) is 18.7. The number of carbonyl (C=O) groups excluding carboxylic acids is 2. The number of hydrogen-bond donors (Lipinski definition) is 1. The van der Waals surface area contributed by atoms with Gasteiger partial charge in [0.05, 0.1) is 17.4 Å². The number of nitrogens with one attached hydrogen (secondary N) is 1. The molecule has 1 N–H and O–H groups in total. The predicted octanol–water partition coefficient (Wildman–Crippen LogP) is 1.93. The second-order valence-electron chi connectivity index (χ2n) is 6.67. The number of fused-ring (bicyclic) bond motifs is 1. The molecule has 3 rings (SSSR count). The molecular weight excluding hydrogens is 356 g/mol. The Kier molecular flexibility index (Phi) is 5.62. The van der Waals surface area contributed by atoms with Crippen LogP contribution in [0.4, 0.5) is 5.69 Å². The van der Waals surface area contributed by atoms with Gasteiger partial charge in [-0.3, -0.25) is 9.59 Å². The summed E-state index contributed by atoms with van der Waals surface area (Å²) in [4.78, 5) is 23.8. The maximum atomic E-state index is 13.0. The largest absolute Gasteiger partial charge is 0.466 e. The van der Waals surface area contributed by atoms with Gasteiger partial charge in [0, 0.05) is 25.2 Å². The van der Waals surface area contributed by atoms with Gasteiger partial charge in [-0.2, -0.15) is 4.31 Å². The minimum absolute atomic E-state index is 0.0485. The Morgan fingerprint density at radius 2 is 2.12 bits per heavy atom. The number of rotatable bonds is 4. The summed E-state index contributed by atoms with van der Waals surface area (Å²) in [5, 5.41) is 2.81. The number of nitrogens with zero attached hydrogens (tertiary/aromatic N) is 1. The van der Waals surface area contributed by atoms with E-state index in [0.717, 1.165) is 5.56 Å². The van der Waals surface area contributed by atoms with Crippen molar-refractivity contribution in [2.24, 2.45) is 5.92 Å². The molecule has 7 nitrogen and oxygen atoms in total. The highest BCUT2D eigenvalue weighted by atomic mass is 32.2. The van der Waals surface area contributed by atoms with Crippen LogP contribution in [0.15, 0.2) is 23.1 Å². The molecule has 1 atom stereocenters. The fourth-order valence-electron chi connectivity index (χ4n) is 3.47. The van der Waals surface area contributed by atoms with E-state index in [2.05, 4.69) is 5.32 Å². The van der Waals surface area contributed by atoms with Gasteiger partial charge in [-0.15, -0.1) is 0 Å². The summed E-state index contributed by atoms with van der Waals surface area (Å²) in [5.74, 6) is -0.803. The number of esters is 1. The fourth-order valence-corrected chi connectivity index (χ4v) is 5.05. The summed E-state index contributed by atoms with van der Waals surface area (Å²) < 4.78 is 32.5. The van der Waals surface area contributed by atoms with Crippen LogP contribution in [-0.4, -0.2) is 44.3 Å². The quantitative estimate of drug-likeness (QED) is 0.806. The molecule has 0 aromatic heterocycles. The third kappa shape index (κ3) is 3.91. The first-order valence-electron chi connectivity index (χ1n) is 9.01. The standard InChI is InChI=1S/C18H24N2O5S/c1-2-25-18(22)14-6-4-10-20(12-14)26(23,24)15-8-9-16-13(11-15)5-3-7-17(21)19-16/h8-9,11,14H,2-7,10,12H2,1H3,(H,19,21)/t14-/m1/s1. The van der Waals surface area contributed by atoms with Crippen molar-refractivity contribution in [3.63, 3.8) is 0 Å². The molecule has 26 heavy (non-hydrogen) atoms. The number of carbonyl (C=O) groups is 2. The topological polar surface area (TPSA) is 92.8 Å². The molecule has 0 saturated carbocycles. The Hall–Kier alpha value is -1.93. The predicted molar refractivity (Wildman–Crippen MR) is 96.1 cm³/mol. The molecule has 0 spiro atoms. The van der Waals surface area contributed by atoms with Crippen molar-refractivity contribution in [2.45, 2.75) is 43.9 Å². The third-order valence-corrected chi connectivity index (χ3v) is 6.70. The Morgan fingerprint density at radius 3 is 2.88 bits per heavy atom. The maximum absolute atomic E-state index is 13.0. The average molecular weight is 380 g/mol. The maximum Gasteiger partial charge on any atom is 0.310 e. The van der Waals surface area contributed by atoms with Crippen LogP contribution in [0.2, 0.25) is 0 Å². The van der Waals surface area contributed by atoms with Crippen LogP contribution in [0, 0.1) is 5.92 Å². The molecule has 1 amide bonds. The van der Waals surface area contributed by atoms with Crippen molar-refractivity contribution in [3.05, 3.63) is 23.8 Å². The minimum Gasteiger partial charge on any atom is -0.466 e. The second kappa shape index (κ2) is 7.75. The summed E-state index contributed by atoms with van der Waals surface area (Å²) in [6, 6.07) is 4.82. The minimum atomic E-state index is -3.69. The molecule has 1 aromatic rings. The van der Waals surface area contributed by atoms with E-state index in [9.17, 15) is 18.0 Å². The monoisotopic (exact) mass is 380 g/mol. The molecule has 2 aliphatic rings. The van der Waals surface area contributed by atoms with E-state index in [0.29, 0.717) is 50.9 Å². The van der Waals surface area contributed by atoms with Crippen molar-refractivity contribution in [1.29, 1.82) is 0 Å². The Labute approximate surface area is 153 Å². The van der Waals surface area contributed by atoms with Crippen LogP contribution < -0.4 is 5.32 Å². The third-order valence-electron chi connectivity index (χ3n) is 4.84. The normalized spacial score (nSPS) is 21.4. The van der Waals surface area contributed by atoms with Gasteiger partial charge in [0.25, 0.3) is 0 Å². The molecular formula is C18H24N2O5S. The molecule has 142 valence electrons. The van der Waals surface area contributed by atoms with E-state index in [1.807, 2.05) is 0 Å². The number of benzene rings is 1. The van der Waals surface area contributed by atoms with Crippen LogP contribution >= 0.6 is 0 Å². The smallest absolute Gasteiger partial charge is 0.310 e. The Balaban J connectivity index is 1.82. The van der Waals surface area contributed by atoms with E-state index in [-0.39, 0.29) is 23.3 Å². The van der Waals surface area contributed by atoms with Gasteiger partial charge in [-0.1, -0.05) is 0 Å². The van der Waals surface area contributed by atoms with Crippen molar-refractivity contribution < 1.29 is 22.7 Å². The number of hydrogen-bond acceptors (Lipinski definition) is 5. The van der Waals surface area contributed by atoms with Crippen LogP contribution in [-0.2, 0) is 30.8 Å². The highest BCUT2D eigenvalue weighted by Gasteiger charge is 2.34. The molecule has 1 aromatic carbocycles. The first kappa shape index (κ1) is 18.8. The molecule has 0 unspecified atom stereocenters.